The van der Waals surface area contributed by atoms with Crippen molar-refractivity contribution < 1.29 is 23.5 Å². The highest BCUT2D eigenvalue weighted by Gasteiger charge is 2.39. The SMILES string of the molecule is CCOC(=O)C1=C(C)NC2=C(C(=O)CCC2)[C@@H]1c1cc(COc2ccc(F)cc2Cl)c(C)cc1C. The Bertz CT molecular complexity index is 1260. The molecule has 0 radical (unpaired) electrons. The number of dihydropyridines is 1. The van der Waals surface area contributed by atoms with Crippen molar-refractivity contribution in [2.24, 2.45) is 0 Å². The van der Waals surface area contributed by atoms with Crippen LogP contribution in [0.3, 0.4) is 0 Å². The zero-order valence-electron chi connectivity index (χ0n) is 20.4. The molecule has 184 valence electrons. The van der Waals surface area contributed by atoms with E-state index in [0.29, 0.717) is 29.0 Å². The highest BCUT2D eigenvalue weighted by atomic mass is 35.5. The fraction of sp³-hybridized carbons (Fsp3) is 0.357. The first-order valence-corrected chi connectivity index (χ1v) is 12.2. The largest absolute Gasteiger partial charge is 0.487 e. The summed E-state index contributed by atoms with van der Waals surface area (Å²) in [5.74, 6) is -0.951. The van der Waals surface area contributed by atoms with E-state index in [1.807, 2.05) is 32.9 Å². The number of ether oxygens (including phenoxy) is 2. The molecular weight excluding hydrogens is 469 g/mol. The van der Waals surface area contributed by atoms with Gasteiger partial charge < -0.3 is 14.8 Å². The predicted octanol–water partition coefficient (Wildman–Crippen LogP) is 6.21. The monoisotopic (exact) mass is 497 g/mol. The molecule has 4 rings (SSSR count). The number of benzene rings is 2. The summed E-state index contributed by atoms with van der Waals surface area (Å²) < 4.78 is 24.7. The zero-order chi connectivity index (χ0) is 25.3. The molecule has 2 aromatic carbocycles. The van der Waals surface area contributed by atoms with Gasteiger partial charge in [-0.3, -0.25) is 4.79 Å². The standard InChI is InChI=1S/C28H29ClFNO4/c1-5-34-28(33)25-17(4)31-22-7-6-8-23(32)27(22)26(25)20-12-18(15(2)11-16(20)3)14-35-24-10-9-19(30)13-21(24)29/h9-13,26,31H,5-8,14H2,1-4H3/t26-/m1/s1. The second-order valence-electron chi connectivity index (χ2n) is 8.98. The number of carbonyl (C=O) groups is 2. The molecule has 5 nitrogen and oxygen atoms in total. The summed E-state index contributed by atoms with van der Waals surface area (Å²) in [6.07, 6.45) is 1.99. The Morgan fingerprint density at radius 2 is 1.91 bits per heavy atom. The minimum absolute atomic E-state index is 0.0499. The fourth-order valence-electron chi connectivity index (χ4n) is 4.90. The second kappa shape index (κ2) is 10.2. The van der Waals surface area contributed by atoms with Crippen LogP contribution in [-0.2, 0) is 20.9 Å². The van der Waals surface area contributed by atoms with E-state index in [1.165, 1.54) is 18.2 Å². The van der Waals surface area contributed by atoms with Crippen molar-refractivity contribution in [3.63, 3.8) is 0 Å². The number of aryl methyl sites for hydroxylation is 2. The topological polar surface area (TPSA) is 64.6 Å². The van der Waals surface area contributed by atoms with Crippen LogP contribution in [-0.4, -0.2) is 18.4 Å². The van der Waals surface area contributed by atoms with E-state index in [0.717, 1.165) is 40.8 Å². The number of rotatable bonds is 6. The molecule has 0 saturated heterocycles. The molecule has 1 N–H and O–H groups in total. The first-order chi connectivity index (χ1) is 16.7. The molecule has 0 amide bonds. The molecule has 1 heterocycles. The van der Waals surface area contributed by atoms with Crippen molar-refractivity contribution in [3.05, 3.63) is 86.0 Å². The van der Waals surface area contributed by atoms with Crippen LogP contribution in [0, 0.1) is 19.7 Å². The molecule has 1 atom stereocenters. The Hall–Kier alpha value is -3.12. The lowest BCUT2D eigenvalue weighted by Gasteiger charge is -2.35. The molecule has 2 aliphatic rings. The number of nitrogens with one attached hydrogen (secondary N) is 1. The van der Waals surface area contributed by atoms with Crippen molar-refractivity contribution in [2.75, 3.05) is 6.61 Å². The molecule has 0 unspecified atom stereocenters. The van der Waals surface area contributed by atoms with Crippen molar-refractivity contribution in [1.29, 1.82) is 0 Å². The van der Waals surface area contributed by atoms with Crippen LogP contribution in [0.25, 0.3) is 0 Å². The Morgan fingerprint density at radius 1 is 1.14 bits per heavy atom. The van der Waals surface area contributed by atoms with Crippen LogP contribution in [0.15, 0.2) is 52.9 Å². The van der Waals surface area contributed by atoms with Crippen molar-refractivity contribution >= 4 is 23.4 Å². The number of Topliss-reactive ketones (excluding diaryl/α,β-unsaturated/α-hetero) is 1. The molecule has 0 saturated carbocycles. The lowest BCUT2D eigenvalue weighted by Crippen LogP contribution is -2.34. The lowest BCUT2D eigenvalue weighted by molar-refractivity contribution is -0.138. The second-order valence-corrected chi connectivity index (χ2v) is 9.39. The molecular formula is C28H29ClFNO4. The Labute approximate surface area is 210 Å². The number of hydrogen-bond donors (Lipinski definition) is 1. The van der Waals surface area contributed by atoms with Gasteiger partial charge in [-0.25, -0.2) is 9.18 Å². The molecule has 1 aliphatic carbocycles. The minimum Gasteiger partial charge on any atom is -0.487 e. The molecule has 7 heteroatoms. The third kappa shape index (κ3) is 4.98. The summed E-state index contributed by atoms with van der Waals surface area (Å²) in [6.45, 7) is 8.03. The fourth-order valence-corrected chi connectivity index (χ4v) is 5.13. The molecule has 0 spiro atoms. The number of allylic oxidation sites excluding steroid dienone is 3. The maximum atomic E-state index is 13.4. The normalized spacial score (nSPS) is 17.8. The number of halogens is 2. The van der Waals surface area contributed by atoms with Gasteiger partial charge in [0.15, 0.2) is 5.78 Å². The highest BCUT2D eigenvalue weighted by Crippen LogP contribution is 2.44. The smallest absolute Gasteiger partial charge is 0.336 e. The van der Waals surface area contributed by atoms with E-state index in [4.69, 9.17) is 21.1 Å². The quantitative estimate of drug-likeness (QED) is 0.481. The molecule has 0 bridgehead atoms. The van der Waals surface area contributed by atoms with Gasteiger partial charge in [0.25, 0.3) is 0 Å². The number of hydrogen-bond acceptors (Lipinski definition) is 5. The summed E-state index contributed by atoms with van der Waals surface area (Å²) in [7, 11) is 0. The minimum atomic E-state index is -0.521. The molecule has 0 fully saturated rings. The third-order valence-electron chi connectivity index (χ3n) is 6.58. The van der Waals surface area contributed by atoms with Gasteiger partial charge in [-0.1, -0.05) is 23.7 Å². The number of esters is 1. The van der Waals surface area contributed by atoms with Gasteiger partial charge in [-0.2, -0.15) is 0 Å². The first kappa shape index (κ1) is 25.0. The molecule has 0 aromatic heterocycles. The van der Waals surface area contributed by atoms with Gasteiger partial charge in [0.1, 0.15) is 18.2 Å². The van der Waals surface area contributed by atoms with Gasteiger partial charge >= 0.3 is 5.97 Å². The summed E-state index contributed by atoms with van der Waals surface area (Å²) in [5, 5.41) is 3.50. The predicted molar refractivity (Wildman–Crippen MR) is 133 cm³/mol. The average molecular weight is 498 g/mol. The van der Waals surface area contributed by atoms with Crippen LogP contribution in [0.5, 0.6) is 5.75 Å². The Balaban J connectivity index is 1.79. The van der Waals surface area contributed by atoms with Crippen LogP contribution in [0.4, 0.5) is 4.39 Å². The average Bonchev–Trinajstić information content (AvgIpc) is 2.79. The van der Waals surface area contributed by atoms with Crippen LogP contribution >= 0.6 is 11.6 Å². The summed E-state index contributed by atoms with van der Waals surface area (Å²) in [4.78, 5) is 26.2. The molecule has 2 aromatic rings. The summed E-state index contributed by atoms with van der Waals surface area (Å²) >= 11 is 6.13. The first-order valence-electron chi connectivity index (χ1n) is 11.8. The van der Waals surface area contributed by atoms with Crippen molar-refractivity contribution in [1.82, 2.24) is 5.32 Å². The van der Waals surface area contributed by atoms with E-state index in [9.17, 15) is 14.0 Å². The lowest BCUT2D eigenvalue weighted by atomic mass is 9.73. The van der Waals surface area contributed by atoms with Crippen LogP contribution < -0.4 is 10.1 Å². The van der Waals surface area contributed by atoms with Crippen LogP contribution in [0.2, 0.25) is 5.02 Å². The Kier molecular flexibility index (Phi) is 7.31. The third-order valence-corrected chi connectivity index (χ3v) is 6.88. The van der Waals surface area contributed by atoms with Crippen molar-refractivity contribution in [3.8, 4) is 5.75 Å². The van der Waals surface area contributed by atoms with E-state index in [-0.39, 0.29) is 24.0 Å². The number of ketones is 1. The van der Waals surface area contributed by atoms with E-state index in [2.05, 4.69) is 5.32 Å². The summed E-state index contributed by atoms with van der Waals surface area (Å²) in [5.41, 5.74) is 6.41. The van der Waals surface area contributed by atoms with Gasteiger partial charge in [0, 0.05) is 29.3 Å². The highest BCUT2D eigenvalue weighted by molar-refractivity contribution is 6.32. The van der Waals surface area contributed by atoms with Crippen LogP contribution in [0.1, 0.15) is 61.3 Å². The van der Waals surface area contributed by atoms with E-state index in [1.54, 1.807) is 6.92 Å². The van der Waals surface area contributed by atoms with E-state index < -0.39 is 17.7 Å². The van der Waals surface area contributed by atoms with Gasteiger partial charge in [-0.15, -0.1) is 0 Å². The number of carbonyl (C=O) groups excluding carboxylic acids is 2. The van der Waals surface area contributed by atoms with Gasteiger partial charge in [0.2, 0.25) is 0 Å². The van der Waals surface area contributed by atoms with Crippen molar-refractivity contribution in [2.45, 2.75) is 59.5 Å². The van der Waals surface area contributed by atoms with Gasteiger partial charge in [0.05, 0.1) is 17.2 Å². The van der Waals surface area contributed by atoms with Gasteiger partial charge in [-0.05, 0) is 81.0 Å². The summed E-state index contributed by atoms with van der Waals surface area (Å²) in [6, 6.07) is 8.04. The zero-order valence-corrected chi connectivity index (χ0v) is 21.1. The maximum absolute atomic E-state index is 13.4. The Morgan fingerprint density at radius 3 is 2.63 bits per heavy atom. The maximum Gasteiger partial charge on any atom is 0.336 e. The van der Waals surface area contributed by atoms with E-state index >= 15 is 0 Å². The molecule has 1 aliphatic heterocycles. The molecule has 35 heavy (non-hydrogen) atoms.